The highest BCUT2D eigenvalue weighted by Gasteiger charge is 2.37. The molecule has 208 valence electrons. The number of nitrogens with one attached hydrogen (secondary N) is 4. The summed E-state index contributed by atoms with van der Waals surface area (Å²) in [7, 11) is -3.80. The predicted molar refractivity (Wildman–Crippen MR) is 151 cm³/mol. The molecule has 1 aliphatic rings. The predicted octanol–water partition coefficient (Wildman–Crippen LogP) is 2.97. The zero-order valence-electron chi connectivity index (χ0n) is 21.8. The van der Waals surface area contributed by atoms with Gasteiger partial charge < -0.3 is 16.4 Å². The van der Waals surface area contributed by atoms with Gasteiger partial charge in [0.15, 0.2) is 0 Å². The van der Waals surface area contributed by atoms with Gasteiger partial charge in [-0.1, -0.05) is 73.9 Å². The number of sulfonamides is 1. The van der Waals surface area contributed by atoms with Gasteiger partial charge in [-0.05, 0) is 43.7 Å². The van der Waals surface area contributed by atoms with Crippen LogP contribution in [-0.2, 0) is 31.9 Å². The van der Waals surface area contributed by atoms with Crippen molar-refractivity contribution in [2.45, 2.75) is 69.8 Å². The van der Waals surface area contributed by atoms with Crippen molar-refractivity contribution in [3.63, 3.8) is 0 Å². The molecule has 1 fully saturated rings. The Bertz CT molecular complexity index is 1200. The SMILES string of the molecule is CC(C)(NC(=O)[C@H](NS(=O)(=O)Cc1ccccc1)C1CCCCC1)C(=O)NCc1ccc(C(=N)N)cc1.Cl. The van der Waals surface area contributed by atoms with Crippen LogP contribution >= 0.6 is 12.4 Å². The van der Waals surface area contributed by atoms with Crippen molar-refractivity contribution in [2.24, 2.45) is 11.7 Å². The highest BCUT2D eigenvalue weighted by molar-refractivity contribution is 7.88. The second-order valence-corrected chi connectivity index (χ2v) is 11.9. The molecule has 11 heteroatoms. The van der Waals surface area contributed by atoms with E-state index in [0.29, 0.717) is 11.1 Å². The summed E-state index contributed by atoms with van der Waals surface area (Å²) in [6, 6.07) is 14.8. The van der Waals surface area contributed by atoms with Crippen LogP contribution in [0.1, 0.15) is 62.6 Å². The van der Waals surface area contributed by atoms with Crippen LogP contribution in [0.5, 0.6) is 0 Å². The van der Waals surface area contributed by atoms with E-state index < -0.39 is 33.4 Å². The topological polar surface area (TPSA) is 154 Å². The van der Waals surface area contributed by atoms with Gasteiger partial charge in [-0.25, -0.2) is 13.1 Å². The van der Waals surface area contributed by atoms with Crippen LogP contribution in [-0.4, -0.2) is 37.6 Å². The van der Waals surface area contributed by atoms with E-state index in [-0.39, 0.29) is 36.5 Å². The summed E-state index contributed by atoms with van der Waals surface area (Å²) in [4.78, 5) is 26.4. The quantitative estimate of drug-likeness (QED) is 0.210. The van der Waals surface area contributed by atoms with E-state index >= 15 is 0 Å². The Balaban J connectivity index is 0.00000507. The molecule has 1 saturated carbocycles. The normalized spacial score (nSPS) is 15.1. The van der Waals surface area contributed by atoms with Crippen LogP contribution in [0.3, 0.4) is 0 Å². The van der Waals surface area contributed by atoms with Crippen molar-refractivity contribution in [2.75, 3.05) is 0 Å². The van der Waals surface area contributed by atoms with E-state index in [9.17, 15) is 18.0 Å². The van der Waals surface area contributed by atoms with E-state index in [4.69, 9.17) is 11.1 Å². The number of benzene rings is 2. The summed E-state index contributed by atoms with van der Waals surface area (Å²) in [6.45, 7) is 3.41. The van der Waals surface area contributed by atoms with Crippen LogP contribution in [0.25, 0.3) is 0 Å². The summed E-state index contributed by atoms with van der Waals surface area (Å²) >= 11 is 0. The fraction of sp³-hybridized carbons (Fsp3) is 0.444. The van der Waals surface area contributed by atoms with Gasteiger partial charge in [-0.2, -0.15) is 0 Å². The molecule has 0 radical (unpaired) electrons. The number of carbonyl (C=O) groups excluding carboxylic acids is 2. The maximum absolute atomic E-state index is 13.4. The summed E-state index contributed by atoms with van der Waals surface area (Å²) in [5, 5.41) is 13.1. The number of carbonyl (C=O) groups is 2. The van der Waals surface area contributed by atoms with Gasteiger partial charge in [0.25, 0.3) is 0 Å². The smallest absolute Gasteiger partial charge is 0.245 e. The molecule has 1 aliphatic carbocycles. The number of amidine groups is 1. The first-order valence-electron chi connectivity index (χ1n) is 12.5. The van der Waals surface area contributed by atoms with E-state index in [2.05, 4.69) is 15.4 Å². The molecule has 0 saturated heterocycles. The van der Waals surface area contributed by atoms with Crippen molar-refractivity contribution < 1.29 is 18.0 Å². The summed E-state index contributed by atoms with van der Waals surface area (Å²) < 4.78 is 28.6. The third-order valence-electron chi connectivity index (χ3n) is 6.63. The second-order valence-electron chi connectivity index (χ2n) is 10.1. The van der Waals surface area contributed by atoms with E-state index in [1.54, 1.807) is 62.4 Å². The fourth-order valence-corrected chi connectivity index (χ4v) is 5.91. The number of nitrogens with two attached hydrogens (primary N) is 1. The van der Waals surface area contributed by atoms with Crippen LogP contribution in [0.2, 0.25) is 0 Å². The Labute approximate surface area is 231 Å². The Morgan fingerprint density at radius 3 is 2.18 bits per heavy atom. The van der Waals surface area contributed by atoms with Gasteiger partial charge in [0.2, 0.25) is 21.8 Å². The number of hydrogen-bond acceptors (Lipinski definition) is 5. The van der Waals surface area contributed by atoms with Crippen LogP contribution < -0.4 is 21.1 Å². The molecule has 2 aromatic carbocycles. The molecule has 38 heavy (non-hydrogen) atoms. The van der Waals surface area contributed by atoms with E-state index in [1.165, 1.54) is 0 Å². The Hall–Kier alpha value is -2.95. The molecule has 0 spiro atoms. The maximum Gasteiger partial charge on any atom is 0.245 e. The zero-order chi connectivity index (χ0) is 27.1. The van der Waals surface area contributed by atoms with Crippen molar-refractivity contribution in [3.05, 3.63) is 71.3 Å². The van der Waals surface area contributed by atoms with Gasteiger partial charge in [-0.3, -0.25) is 15.0 Å². The Morgan fingerprint density at radius 2 is 1.61 bits per heavy atom. The lowest BCUT2D eigenvalue weighted by atomic mass is 9.83. The first-order chi connectivity index (χ1) is 17.5. The molecule has 0 heterocycles. The molecular weight excluding hydrogens is 526 g/mol. The third kappa shape index (κ3) is 9.11. The second kappa shape index (κ2) is 13.7. The molecule has 2 aromatic rings. The molecule has 0 aromatic heterocycles. The van der Waals surface area contributed by atoms with Crippen LogP contribution in [0.4, 0.5) is 0 Å². The van der Waals surface area contributed by atoms with Crippen LogP contribution in [0, 0.1) is 11.3 Å². The minimum Gasteiger partial charge on any atom is -0.384 e. The largest absolute Gasteiger partial charge is 0.384 e. The lowest BCUT2D eigenvalue weighted by molar-refractivity contribution is -0.133. The first kappa shape index (κ1) is 31.3. The molecule has 6 N–H and O–H groups in total. The minimum atomic E-state index is -3.80. The third-order valence-corrected chi connectivity index (χ3v) is 7.96. The standard InChI is InChI=1S/C27H37N5O4S.ClH/c1-27(2,26(34)30-17-19-13-15-22(16-14-19)24(28)29)31-25(33)23(21-11-7-4-8-12-21)32-37(35,36)18-20-9-5-3-6-10-20;/h3,5-6,9-10,13-16,21,23,32H,4,7-8,11-12,17-18H2,1-2H3,(H3,28,29)(H,30,34)(H,31,33);1H/t23-;/m1./s1. The number of hydrogen-bond donors (Lipinski definition) is 5. The van der Waals surface area contributed by atoms with Crippen molar-refractivity contribution in [3.8, 4) is 0 Å². The maximum atomic E-state index is 13.4. The van der Waals surface area contributed by atoms with Gasteiger partial charge in [0.1, 0.15) is 17.4 Å². The minimum absolute atomic E-state index is 0. The van der Waals surface area contributed by atoms with Gasteiger partial charge >= 0.3 is 0 Å². The van der Waals surface area contributed by atoms with Crippen LogP contribution in [0.15, 0.2) is 54.6 Å². The molecule has 1 atom stereocenters. The monoisotopic (exact) mass is 563 g/mol. The molecular formula is C27H38ClN5O4S. The van der Waals surface area contributed by atoms with Gasteiger partial charge in [-0.15, -0.1) is 12.4 Å². The summed E-state index contributed by atoms with van der Waals surface area (Å²) in [5.41, 5.74) is 6.24. The molecule has 0 unspecified atom stereocenters. The molecule has 9 nitrogen and oxygen atoms in total. The first-order valence-corrected chi connectivity index (χ1v) is 14.2. The highest BCUT2D eigenvalue weighted by atomic mass is 35.5. The molecule has 3 rings (SSSR count). The number of amides is 2. The van der Waals surface area contributed by atoms with E-state index in [0.717, 1.165) is 37.7 Å². The lowest BCUT2D eigenvalue weighted by Gasteiger charge is -2.33. The molecule has 0 aliphatic heterocycles. The average Bonchev–Trinajstić information content (AvgIpc) is 2.86. The van der Waals surface area contributed by atoms with Crippen molar-refractivity contribution in [1.82, 2.24) is 15.4 Å². The fourth-order valence-electron chi connectivity index (χ4n) is 4.51. The van der Waals surface area contributed by atoms with Gasteiger partial charge in [0.05, 0.1) is 5.75 Å². The average molecular weight is 564 g/mol. The Morgan fingerprint density at radius 1 is 1.00 bits per heavy atom. The summed E-state index contributed by atoms with van der Waals surface area (Å²) in [5.74, 6) is -1.30. The highest BCUT2D eigenvalue weighted by Crippen LogP contribution is 2.27. The number of nitrogen functional groups attached to an aromatic ring is 1. The van der Waals surface area contributed by atoms with Crippen molar-refractivity contribution in [1.29, 1.82) is 5.41 Å². The summed E-state index contributed by atoms with van der Waals surface area (Å²) in [6.07, 6.45) is 4.41. The zero-order valence-corrected chi connectivity index (χ0v) is 23.5. The van der Waals surface area contributed by atoms with Gasteiger partial charge in [0, 0.05) is 12.1 Å². The lowest BCUT2D eigenvalue weighted by Crippen LogP contribution is -2.60. The van der Waals surface area contributed by atoms with E-state index in [1.807, 2.05) is 6.07 Å². The van der Waals surface area contributed by atoms with Crippen molar-refractivity contribution >= 4 is 40.1 Å². The molecule has 0 bridgehead atoms. The Kier molecular flexibility index (Phi) is 11.3. The number of rotatable bonds is 11. The molecule has 2 amide bonds. The number of halogens is 1.